The topological polar surface area (TPSA) is 76.1 Å². The number of aromatic nitrogens is 4. The molecule has 0 spiro atoms. The van der Waals surface area contributed by atoms with E-state index in [2.05, 4.69) is 155 Å². The van der Waals surface area contributed by atoms with Crippen LogP contribution in [0, 0.1) is 0 Å². The average molecular weight is 725 g/mol. The SMILES string of the molecule is CCO.Oc1ccccc1-c1ccc2ccc3ccc(-c4cccc(-n5c6ccccc6c6ccc7c8ccccc8n(-c8ccccc8)c7c65)c4)nc3c2n1. The van der Waals surface area contributed by atoms with E-state index in [-0.39, 0.29) is 12.4 Å². The average Bonchev–Trinajstić information content (AvgIpc) is 3.77. The van der Waals surface area contributed by atoms with Crippen molar-refractivity contribution in [3.63, 3.8) is 0 Å². The van der Waals surface area contributed by atoms with Crippen molar-refractivity contribution < 1.29 is 10.2 Å². The van der Waals surface area contributed by atoms with Gasteiger partial charge < -0.3 is 19.3 Å². The molecule has 0 bridgehead atoms. The molecule has 6 nitrogen and oxygen atoms in total. The van der Waals surface area contributed by atoms with Crippen LogP contribution in [0.3, 0.4) is 0 Å². The first kappa shape index (κ1) is 33.3. The molecule has 56 heavy (non-hydrogen) atoms. The molecule has 4 heterocycles. The summed E-state index contributed by atoms with van der Waals surface area (Å²) in [5.74, 6) is 0.205. The number of aromatic hydroxyl groups is 1. The van der Waals surface area contributed by atoms with Crippen molar-refractivity contribution in [3.05, 3.63) is 176 Å². The molecule has 268 valence electrons. The Labute approximate surface area is 322 Å². The molecule has 7 aromatic carbocycles. The lowest BCUT2D eigenvalue weighted by atomic mass is 10.0. The monoisotopic (exact) mass is 724 g/mol. The summed E-state index contributed by atoms with van der Waals surface area (Å²) in [6.45, 7) is 1.93. The fourth-order valence-corrected chi connectivity index (χ4v) is 8.19. The van der Waals surface area contributed by atoms with Crippen LogP contribution in [0.2, 0.25) is 0 Å². The number of benzene rings is 7. The number of hydrogen-bond donors (Lipinski definition) is 2. The molecule has 4 aromatic heterocycles. The Kier molecular flexibility index (Phi) is 8.05. The van der Waals surface area contributed by atoms with Crippen molar-refractivity contribution >= 4 is 65.4 Å². The molecule has 0 saturated heterocycles. The van der Waals surface area contributed by atoms with E-state index in [0.29, 0.717) is 11.3 Å². The Balaban J connectivity index is 0.00000124. The minimum absolute atomic E-state index is 0.205. The quantitative estimate of drug-likeness (QED) is 0.177. The summed E-state index contributed by atoms with van der Waals surface area (Å²) in [6, 6.07) is 61.1. The zero-order chi connectivity index (χ0) is 37.8. The van der Waals surface area contributed by atoms with Crippen LogP contribution < -0.4 is 0 Å². The highest BCUT2D eigenvalue weighted by molar-refractivity contribution is 6.23. The molecule has 0 radical (unpaired) electrons. The number of aliphatic hydroxyl groups is 1. The van der Waals surface area contributed by atoms with Crippen molar-refractivity contribution in [2.75, 3.05) is 6.61 Å². The van der Waals surface area contributed by atoms with Gasteiger partial charge in [0.15, 0.2) is 0 Å². The van der Waals surface area contributed by atoms with Gasteiger partial charge in [0.05, 0.1) is 44.5 Å². The number of pyridine rings is 2. The number of nitrogens with zero attached hydrogens (tertiary/aromatic N) is 4. The van der Waals surface area contributed by atoms with E-state index in [1.807, 2.05) is 24.3 Å². The molecule has 0 amide bonds. The van der Waals surface area contributed by atoms with Gasteiger partial charge in [-0.05, 0) is 67.6 Å². The molecule has 6 heteroatoms. The highest BCUT2D eigenvalue weighted by Crippen LogP contribution is 2.42. The van der Waals surface area contributed by atoms with Crippen LogP contribution in [0.4, 0.5) is 0 Å². The number of hydrogen-bond acceptors (Lipinski definition) is 4. The molecular weight excluding hydrogens is 689 g/mol. The third kappa shape index (κ3) is 5.30. The number of phenolic OH excluding ortho intramolecular Hbond substituents is 1. The zero-order valence-electron chi connectivity index (χ0n) is 30.6. The van der Waals surface area contributed by atoms with Gasteiger partial charge in [0.25, 0.3) is 0 Å². The highest BCUT2D eigenvalue weighted by Gasteiger charge is 2.21. The van der Waals surface area contributed by atoms with Gasteiger partial charge in [-0.3, -0.25) is 0 Å². The summed E-state index contributed by atoms with van der Waals surface area (Å²) >= 11 is 0. The van der Waals surface area contributed by atoms with E-state index in [4.69, 9.17) is 15.1 Å². The molecule has 0 saturated carbocycles. The molecule has 11 aromatic rings. The number of fused-ring (bicyclic) bond motifs is 10. The summed E-state index contributed by atoms with van der Waals surface area (Å²) < 4.78 is 4.84. The first-order valence-electron chi connectivity index (χ1n) is 18.8. The van der Waals surface area contributed by atoms with Gasteiger partial charge in [0.2, 0.25) is 0 Å². The molecule has 0 fully saturated rings. The second-order valence-corrected chi connectivity index (χ2v) is 13.9. The minimum Gasteiger partial charge on any atom is -0.507 e. The zero-order valence-corrected chi connectivity index (χ0v) is 30.6. The van der Waals surface area contributed by atoms with Crippen molar-refractivity contribution in [2.45, 2.75) is 6.92 Å². The Hall–Kier alpha value is -7.28. The summed E-state index contributed by atoms with van der Waals surface area (Å²) in [5, 5.41) is 25.0. The van der Waals surface area contributed by atoms with Crippen LogP contribution in [-0.4, -0.2) is 35.9 Å². The van der Waals surface area contributed by atoms with Crippen LogP contribution in [0.15, 0.2) is 176 Å². The van der Waals surface area contributed by atoms with E-state index < -0.39 is 0 Å². The van der Waals surface area contributed by atoms with Crippen molar-refractivity contribution in [3.8, 4) is 39.6 Å². The van der Waals surface area contributed by atoms with Gasteiger partial charge in [-0.25, -0.2) is 9.97 Å². The first-order valence-corrected chi connectivity index (χ1v) is 18.8. The van der Waals surface area contributed by atoms with Crippen LogP contribution in [0.25, 0.3) is 99.3 Å². The third-order valence-corrected chi connectivity index (χ3v) is 10.6. The predicted octanol–water partition coefficient (Wildman–Crippen LogP) is 12.0. The van der Waals surface area contributed by atoms with Crippen LogP contribution in [-0.2, 0) is 0 Å². The maximum atomic E-state index is 10.6. The van der Waals surface area contributed by atoms with E-state index in [1.165, 1.54) is 38.1 Å². The third-order valence-electron chi connectivity index (χ3n) is 10.6. The van der Waals surface area contributed by atoms with Crippen LogP contribution in [0.5, 0.6) is 5.75 Å². The molecule has 0 atom stereocenters. The molecule has 2 N–H and O–H groups in total. The van der Waals surface area contributed by atoms with Gasteiger partial charge in [-0.2, -0.15) is 0 Å². The fraction of sp³-hybridized carbons (Fsp3) is 0.0400. The maximum Gasteiger partial charge on any atom is 0.124 e. The van der Waals surface area contributed by atoms with E-state index in [9.17, 15) is 5.11 Å². The Morgan fingerprint density at radius 3 is 1.61 bits per heavy atom. The Bertz CT molecular complexity index is 3270. The van der Waals surface area contributed by atoms with Gasteiger partial charge >= 0.3 is 0 Å². The molecular formula is C50H36N4O2. The lowest BCUT2D eigenvalue weighted by molar-refractivity contribution is 0.318. The largest absolute Gasteiger partial charge is 0.507 e. The minimum atomic E-state index is 0.205. The van der Waals surface area contributed by atoms with Crippen molar-refractivity contribution in [1.82, 2.24) is 19.1 Å². The smallest absolute Gasteiger partial charge is 0.124 e. The number of para-hydroxylation sites is 4. The summed E-state index contributed by atoms with van der Waals surface area (Å²) in [7, 11) is 0. The molecule has 11 rings (SSSR count). The predicted molar refractivity (Wildman–Crippen MR) is 231 cm³/mol. The Morgan fingerprint density at radius 1 is 0.464 bits per heavy atom. The van der Waals surface area contributed by atoms with Crippen LogP contribution >= 0.6 is 0 Å². The Morgan fingerprint density at radius 2 is 0.964 bits per heavy atom. The van der Waals surface area contributed by atoms with Gasteiger partial charge in [-0.1, -0.05) is 115 Å². The molecule has 0 aliphatic carbocycles. The summed E-state index contributed by atoms with van der Waals surface area (Å²) in [4.78, 5) is 10.3. The molecule has 0 aliphatic heterocycles. The van der Waals surface area contributed by atoms with E-state index in [0.717, 1.165) is 50.0 Å². The van der Waals surface area contributed by atoms with E-state index in [1.54, 1.807) is 13.0 Å². The van der Waals surface area contributed by atoms with Crippen molar-refractivity contribution in [1.29, 1.82) is 0 Å². The van der Waals surface area contributed by atoms with Gasteiger partial charge in [-0.15, -0.1) is 0 Å². The van der Waals surface area contributed by atoms with Crippen LogP contribution in [0.1, 0.15) is 6.92 Å². The van der Waals surface area contributed by atoms with Gasteiger partial charge in [0.1, 0.15) is 5.75 Å². The summed E-state index contributed by atoms with van der Waals surface area (Å²) in [6.07, 6.45) is 0. The second-order valence-electron chi connectivity index (χ2n) is 13.9. The number of phenols is 1. The molecule has 0 aliphatic rings. The summed E-state index contributed by atoms with van der Waals surface area (Å²) in [5.41, 5.74) is 11.8. The lowest BCUT2D eigenvalue weighted by Crippen LogP contribution is -1.99. The lowest BCUT2D eigenvalue weighted by Gasteiger charge is -2.13. The number of rotatable bonds is 4. The highest BCUT2D eigenvalue weighted by atomic mass is 16.3. The number of aliphatic hydroxyl groups excluding tert-OH is 1. The second kappa shape index (κ2) is 13.5. The van der Waals surface area contributed by atoms with Crippen molar-refractivity contribution in [2.24, 2.45) is 0 Å². The van der Waals surface area contributed by atoms with E-state index >= 15 is 0 Å². The standard InChI is InChI=1S/C48H30N4O.C2H6O/c53-44-20-9-6-17-39(44)41-28-24-31-22-21-30-23-27-40(49-45(30)46(31)50-41)32-11-10-14-34(29-32)52-43-19-8-5-16-36(43)38-26-25-37-35-15-4-7-18-42(35)51(47(37)48(38)52)33-12-2-1-3-13-33;1-2-3/h1-29,53H;3H,2H2,1H3. The van der Waals surface area contributed by atoms with Gasteiger partial charge in [0, 0.05) is 61.4 Å². The first-order chi connectivity index (χ1) is 27.6. The fourth-order valence-electron chi connectivity index (χ4n) is 8.19. The molecule has 0 unspecified atom stereocenters. The maximum absolute atomic E-state index is 10.6. The normalized spacial score (nSPS) is 11.5.